The van der Waals surface area contributed by atoms with Gasteiger partial charge in [-0.1, -0.05) is 6.07 Å². The van der Waals surface area contributed by atoms with Gasteiger partial charge in [0.25, 0.3) is 5.91 Å². The average molecular weight is 438 g/mol. The Bertz CT molecular complexity index is 907. The fraction of sp³-hybridized carbons (Fsp3) is 0.333. The van der Waals surface area contributed by atoms with Crippen LogP contribution < -0.4 is 29.6 Å². The molecule has 0 unspecified atom stereocenters. The summed E-state index contributed by atoms with van der Waals surface area (Å²) >= 11 is 0. The van der Waals surface area contributed by atoms with Crippen molar-refractivity contribution in [1.82, 2.24) is 10.6 Å². The number of hydrogen-bond acceptors (Lipinski definition) is 6. The van der Waals surface area contributed by atoms with Crippen molar-refractivity contribution in [3.63, 3.8) is 0 Å². The van der Waals surface area contributed by atoms with Crippen LogP contribution in [0.4, 0.5) is 8.78 Å². The van der Waals surface area contributed by atoms with Gasteiger partial charge in [-0.05, 0) is 42.3 Å². The molecule has 2 rings (SSSR count). The molecule has 0 fully saturated rings. The van der Waals surface area contributed by atoms with Gasteiger partial charge in [0, 0.05) is 12.1 Å². The normalized spacial score (nSPS) is 10.4. The second-order valence-corrected chi connectivity index (χ2v) is 6.22. The molecule has 0 aliphatic carbocycles. The van der Waals surface area contributed by atoms with Crippen molar-refractivity contribution in [3.8, 4) is 23.0 Å². The molecule has 0 atom stereocenters. The van der Waals surface area contributed by atoms with E-state index in [-0.39, 0.29) is 30.5 Å². The van der Waals surface area contributed by atoms with Gasteiger partial charge in [-0.15, -0.1) is 0 Å². The number of nitrogens with one attached hydrogen (secondary N) is 2. The summed E-state index contributed by atoms with van der Waals surface area (Å²) < 4.78 is 44.4. The van der Waals surface area contributed by atoms with Gasteiger partial charge in [0.15, 0.2) is 23.0 Å². The van der Waals surface area contributed by atoms with Crippen LogP contribution in [0.5, 0.6) is 23.0 Å². The Balaban J connectivity index is 1.81. The third kappa shape index (κ3) is 7.02. The zero-order valence-corrected chi connectivity index (χ0v) is 17.4. The van der Waals surface area contributed by atoms with Crippen LogP contribution in [0.2, 0.25) is 0 Å². The summed E-state index contributed by atoms with van der Waals surface area (Å²) in [5.74, 6) is 0.186. The van der Waals surface area contributed by atoms with Crippen LogP contribution in [0.3, 0.4) is 0 Å². The highest BCUT2D eigenvalue weighted by molar-refractivity contribution is 5.97. The smallest absolute Gasteiger partial charge is 0.387 e. The molecule has 2 aromatic rings. The molecule has 10 heteroatoms. The predicted octanol–water partition coefficient (Wildman–Crippen LogP) is 2.40. The lowest BCUT2D eigenvalue weighted by Gasteiger charge is -2.12. The van der Waals surface area contributed by atoms with E-state index in [1.165, 1.54) is 33.5 Å². The molecular weight excluding hydrogens is 414 g/mol. The fourth-order valence-electron chi connectivity index (χ4n) is 2.71. The number of methoxy groups -OCH3 is 3. The largest absolute Gasteiger partial charge is 0.493 e. The molecule has 0 saturated carbocycles. The van der Waals surface area contributed by atoms with Crippen LogP contribution in [0.15, 0.2) is 36.4 Å². The molecule has 8 nitrogen and oxygen atoms in total. The Morgan fingerprint density at radius 2 is 1.52 bits per heavy atom. The molecule has 2 aromatic carbocycles. The zero-order valence-electron chi connectivity index (χ0n) is 17.4. The lowest BCUT2D eigenvalue weighted by atomic mass is 10.1. The average Bonchev–Trinajstić information content (AvgIpc) is 2.77. The number of carbonyl (C=O) groups is 2. The van der Waals surface area contributed by atoms with Crippen molar-refractivity contribution in [2.24, 2.45) is 0 Å². The Morgan fingerprint density at radius 3 is 2.16 bits per heavy atom. The lowest BCUT2D eigenvalue weighted by molar-refractivity contribution is -0.120. The molecule has 31 heavy (non-hydrogen) atoms. The maximum atomic E-state index is 12.4. The number of ether oxygens (including phenoxy) is 4. The zero-order chi connectivity index (χ0) is 22.8. The summed E-state index contributed by atoms with van der Waals surface area (Å²) in [6.45, 7) is -2.88. The molecule has 0 aliphatic heterocycles. The van der Waals surface area contributed by atoms with Crippen molar-refractivity contribution in [2.45, 2.75) is 13.0 Å². The summed E-state index contributed by atoms with van der Waals surface area (Å²) in [7, 11) is 4.30. The standard InChI is InChI=1S/C21H24F2N2O6/c1-28-15-7-5-14(11-18(15)30-3)20(27)25-12-19(26)24-9-8-13-4-6-16(31-21(22)23)17(10-13)29-2/h4-7,10-11,21H,8-9,12H2,1-3H3,(H,24,26)(H,25,27). The number of rotatable bonds is 11. The Morgan fingerprint density at radius 1 is 0.871 bits per heavy atom. The minimum absolute atomic E-state index is 0.0665. The summed E-state index contributed by atoms with van der Waals surface area (Å²) in [5, 5.41) is 5.20. The van der Waals surface area contributed by atoms with E-state index in [1.807, 2.05) is 0 Å². The van der Waals surface area contributed by atoms with Gasteiger partial charge in [0.05, 0.1) is 27.9 Å². The molecule has 0 aromatic heterocycles. The predicted molar refractivity (Wildman–Crippen MR) is 108 cm³/mol. The first-order valence-corrected chi connectivity index (χ1v) is 9.26. The van der Waals surface area contributed by atoms with E-state index in [2.05, 4.69) is 15.4 Å². The van der Waals surface area contributed by atoms with E-state index in [9.17, 15) is 18.4 Å². The quantitative estimate of drug-likeness (QED) is 0.560. The summed E-state index contributed by atoms with van der Waals surface area (Å²) in [5.41, 5.74) is 1.08. The number of alkyl halides is 2. The van der Waals surface area contributed by atoms with Gasteiger partial charge in [0.1, 0.15) is 0 Å². The van der Waals surface area contributed by atoms with Gasteiger partial charge < -0.3 is 29.6 Å². The maximum absolute atomic E-state index is 12.4. The van der Waals surface area contributed by atoms with E-state index < -0.39 is 12.5 Å². The summed E-state index contributed by atoms with van der Waals surface area (Å²) in [6.07, 6.45) is 0.431. The first-order valence-electron chi connectivity index (χ1n) is 9.26. The van der Waals surface area contributed by atoms with Crippen LogP contribution >= 0.6 is 0 Å². The fourth-order valence-corrected chi connectivity index (χ4v) is 2.71. The van der Waals surface area contributed by atoms with E-state index >= 15 is 0 Å². The number of amides is 2. The van der Waals surface area contributed by atoms with Gasteiger partial charge in [-0.25, -0.2) is 0 Å². The number of halogens is 2. The molecule has 2 amide bonds. The van der Waals surface area contributed by atoms with Crippen molar-refractivity contribution < 1.29 is 37.3 Å². The van der Waals surface area contributed by atoms with E-state index in [1.54, 1.807) is 24.3 Å². The summed E-state index contributed by atoms with van der Waals surface area (Å²) in [6, 6.07) is 9.21. The minimum Gasteiger partial charge on any atom is -0.493 e. The highest BCUT2D eigenvalue weighted by Crippen LogP contribution is 2.29. The van der Waals surface area contributed by atoms with Crippen molar-refractivity contribution in [3.05, 3.63) is 47.5 Å². The van der Waals surface area contributed by atoms with Gasteiger partial charge >= 0.3 is 6.61 Å². The number of carbonyl (C=O) groups excluding carboxylic acids is 2. The molecule has 168 valence electrons. The van der Waals surface area contributed by atoms with Gasteiger partial charge in [0.2, 0.25) is 5.91 Å². The number of hydrogen-bond donors (Lipinski definition) is 2. The SMILES string of the molecule is COc1ccc(C(=O)NCC(=O)NCCc2ccc(OC(F)F)c(OC)c2)cc1OC. The molecule has 0 saturated heterocycles. The van der Waals surface area contributed by atoms with Crippen molar-refractivity contribution in [2.75, 3.05) is 34.4 Å². The molecule has 2 N–H and O–H groups in total. The van der Waals surface area contributed by atoms with E-state index in [0.29, 0.717) is 23.5 Å². The van der Waals surface area contributed by atoms with Gasteiger partial charge in [-0.2, -0.15) is 8.78 Å². The van der Waals surface area contributed by atoms with Crippen LogP contribution in [0.1, 0.15) is 15.9 Å². The molecule has 0 aliphatic rings. The summed E-state index contributed by atoms with van der Waals surface area (Å²) in [4.78, 5) is 24.2. The second kappa shape index (κ2) is 11.6. The monoisotopic (exact) mass is 438 g/mol. The highest BCUT2D eigenvalue weighted by Gasteiger charge is 2.13. The molecule has 0 heterocycles. The maximum Gasteiger partial charge on any atom is 0.387 e. The number of benzene rings is 2. The Hall–Kier alpha value is -3.56. The lowest BCUT2D eigenvalue weighted by Crippen LogP contribution is -2.37. The third-order valence-corrected chi connectivity index (χ3v) is 4.24. The topological polar surface area (TPSA) is 95.1 Å². The second-order valence-electron chi connectivity index (χ2n) is 6.22. The van der Waals surface area contributed by atoms with Gasteiger partial charge in [-0.3, -0.25) is 9.59 Å². The first-order chi connectivity index (χ1) is 14.9. The van der Waals surface area contributed by atoms with Crippen LogP contribution in [-0.2, 0) is 11.2 Å². The van der Waals surface area contributed by atoms with E-state index in [0.717, 1.165) is 5.56 Å². The van der Waals surface area contributed by atoms with Crippen LogP contribution in [0, 0.1) is 0 Å². The van der Waals surface area contributed by atoms with Crippen molar-refractivity contribution in [1.29, 1.82) is 0 Å². The van der Waals surface area contributed by atoms with Crippen LogP contribution in [-0.4, -0.2) is 52.8 Å². The molecule has 0 spiro atoms. The van der Waals surface area contributed by atoms with Crippen molar-refractivity contribution >= 4 is 11.8 Å². The minimum atomic E-state index is -2.95. The Labute approximate surface area is 178 Å². The first kappa shape index (κ1) is 23.7. The molecule has 0 bridgehead atoms. The Kier molecular flexibility index (Phi) is 8.86. The highest BCUT2D eigenvalue weighted by atomic mass is 19.3. The van der Waals surface area contributed by atoms with Crippen LogP contribution in [0.25, 0.3) is 0 Å². The molecule has 0 radical (unpaired) electrons. The van der Waals surface area contributed by atoms with E-state index in [4.69, 9.17) is 14.2 Å². The third-order valence-electron chi connectivity index (χ3n) is 4.24. The molecular formula is C21H24F2N2O6.